The fourth-order valence-corrected chi connectivity index (χ4v) is 3.54. The Bertz CT molecular complexity index is 1100. The van der Waals surface area contributed by atoms with E-state index in [1.54, 1.807) is 12.1 Å². The second-order valence-electron chi connectivity index (χ2n) is 6.50. The highest BCUT2D eigenvalue weighted by atomic mass is 79.9. The lowest BCUT2D eigenvalue weighted by atomic mass is 10.0. The first kappa shape index (κ1) is 18.7. The molecule has 0 saturated heterocycles. The summed E-state index contributed by atoms with van der Waals surface area (Å²) in [5, 5.41) is 26.6. The van der Waals surface area contributed by atoms with E-state index in [0.29, 0.717) is 28.4 Å². The third-order valence-corrected chi connectivity index (χ3v) is 5.60. The van der Waals surface area contributed by atoms with Crippen molar-refractivity contribution in [1.82, 2.24) is 20.2 Å². The zero-order chi connectivity index (χ0) is 19.8. The van der Waals surface area contributed by atoms with Gasteiger partial charge in [0.2, 0.25) is 0 Å². The van der Waals surface area contributed by atoms with Crippen molar-refractivity contribution in [3.05, 3.63) is 51.5 Å². The number of H-pyrrole nitrogens is 2. The molecular formula is C20H19BrN4O3. The molecule has 0 saturated carbocycles. The molecule has 0 aliphatic carbocycles. The van der Waals surface area contributed by atoms with Crippen LogP contribution in [-0.2, 0) is 13.2 Å². The number of aryl methyl sites for hydroxylation is 1. The van der Waals surface area contributed by atoms with E-state index < -0.39 is 0 Å². The third-order valence-electron chi connectivity index (χ3n) is 4.74. The summed E-state index contributed by atoms with van der Waals surface area (Å²) >= 11 is 3.53. The van der Waals surface area contributed by atoms with E-state index in [0.717, 1.165) is 32.3 Å². The number of aliphatic hydroxyl groups is 2. The first-order chi connectivity index (χ1) is 13.5. The molecule has 0 atom stereocenters. The van der Waals surface area contributed by atoms with Gasteiger partial charge in [-0.3, -0.25) is 5.10 Å². The molecule has 144 valence electrons. The Morgan fingerprint density at radius 1 is 1.11 bits per heavy atom. The normalized spacial score (nSPS) is 11.3. The number of hydrogen-bond acceptors (Lipinski definition) is 5. The predicted octanol–water partition coefficient (Wildman–Crippen LogP) is 3.68. The van der Waals surface area contributed by atoms with Crippen molar-refractivity contribution in [2.75, 3.05) is 7.11 Å². The lowest BCUT2D eigenvalue weighted by Gasteiger charge is -2.12. The van der Waals surface area contributed by atoms with Crippen LogP contribution in [0.25, 0.3) is 33.8 Å². The molecular weight excluding hydrogens is 424 g/mol. The van der Waals surface area contributed by atoms with E-state index >= 15 is 0 Å². The van der Waals surface area contributed by atoms with Gasteiger partial charge in [0.15, 0.2) is 5.82 Å². The maximum absolute atomic E-state index is 9.64. The van der Waals surface area contributed by atoms with Crippen LogP contribution in [0.1, 0.15) is 16.7 Å². The summed E-state index contributed by atoms with van der Waals surface area (Å²) in [5.74, 6) is 1.20. The Morgan fingerprint density at radius 3 is 2.64 bits per heavy atom. The number of fused-ring (bicyclic) bond motifs is 1. The fourth-order valence-electron chi connectivity index (χ4n) is 3.21. The van der Waals surface area contributed by atoms with Gasteiger partial charge in [0, 0.05) is 15.6 Å². The number of imidazole rings is 1. The molecule has 0 spiro atoms. The van der Waals surface area contributed by atoms with Gasteiger partial charge >= 0.3 is 0 Å². The summed E-state index contributed by atoms with van der Waals surface area (Å²) in [5.41, 5.74) is 6.31. The van der Waals surface area contributed by atoms with Gasteiger partial charge in [-0.2, -0.15) is 5.10 Å². The SMILES string of the molecule is COc1cc(-c2cc(-c3nc4cc(Br)c(C)cc4[nH]3)[nH]n2)cc(CO)c1CO. The monoisotopic (exact) mass is 442 g/mol. The van der Waals surface area contributed by atoms with E-state index in [-0.39, 0.29) is 13.2 Å². The Morgan fingerprint density at radius 2 is 1.93 bits per heavy atom. The molecule has 8 heteroatoms. The van der Waals surface area contributed by atoms with Gasteiger partial charge in [-0.1, -0.05) is 15.9 Å². The molecule has 4 aromatic rings. The highest BCUT2D eigenvalue weighted by molar-refractivity contribution is 9.10. The zero-order valence-corrected chi connectivity index (χ0v) is 17.0. The number of aliphatic hydroxyl groups excluding tert-OH is 2. The van der Waals surface area contributed by atoms with Gasteiger partial charge < -0.3 is 19.9 Å². The fraction of sp³-hybridized carbons (Fsp3) is 0.200. The molecule has 0 radical (unpaired) electrons. The van der Waals surface area contributed by atoms with Crippen molar-refractivity contribution in [3.63, 3.8) is 0 Å². The minimum atomic E-state index is -0.209. The Labute approximate surface area is 169 Å². The van der Waals surface area contributed by atoms with E-state index in [4.69, 9.17) is 4.74 Å². The summed E-state index contributed by atoms with van der Waals surface area (Å²) in [4.78, 5) is 7.94. The highest BCUT2D eigenvalue weighted by Gasteiger charge is 2.15. The van der Waals surface area contributed by atoms with E-state index in [9.17, 15) is 10.2 Å². The van der Waals surface area contributed by atoms with Crippen molar-refractivity contribution in [3.8, 4) is 28.5 Å². The number of rotatable bonds is 5. The molecule has 0 aliphatic rings. The molecule has 2 heterocycles. The average molecular weight is 443 g/mol. The molecule has 0 amide bonds. The first-order valence-corrected chi connectivity index (χ1v) is 9.47. The Hall–Kier alpha value is -2.68. The molecule has 0 aliphatic heterocycles. The number of aromatic nitrogens is 4. The molecule has 2 aromatic heterocycles. The molecule has 0 fully saturated rings. The van der Waals surface area contributed by atoms with Crippen LogP contribution < -0.4 is 4.74 Å². The molecule has 0 unspecified atom stereocenters. The Kier molecular flexibility index (Phi) is 4.92. The molecule has 2 aromatic carbocycles. The van der Waals surface area contributed by atoms with E-state index in [1.165, 1.54) is 7.11 Å². The Balaban J connectivity index is 1.76. The van der Waals surface area contributed by atoms with Crippen LogP contribution >= 0.6 is 15.9 Å². The van der Waals surface area contributed by atoms with Crippen molar-refractivity contribution in [2.24, 2.45) is 0 Å². The number of hydrogen-bond donors (Lipinski definition) is 4. The van der Waals surface area contributed by atoms with Crippen molar-refractivity contribution < 1.29 is 14.9 Å². The highest BCUT2D eigenvalue weighted by Crippen LogP contribution is 2.32. The van der Waals surface area contributed by atoms with Crippen LogP contribution in [0.2, 0.25) is 0 Å². The van der Waals surface area contributed by atoms with Crippen molar-refractivity contribution in [1.29, 1.82) is 0 Å². The maximum Gasteiger partial charge on any atom is 0.156 e. The summed E-state index contributed by atoms with van der Waals surface area (Å²) in [7, 11) is 1.53. The van der Waals surface area contributed by atoms with Crippen LogP contribution in [-0.4, -0.2) is 37.5 Å². The average Bonchev–Trinajstić information content (AvgIpc) is 3.34. The number of halogens is 1. The summed E-state index contributed by atoms with van der Waals surface area (Å²) in [6, 6.07) is 9.50. The summed E-state index contributed by atoms with van der Waals surface area (Å²) in [6.45, 7) is 1.62. The minimum Gasteiger partial charge on any atom is -0.496 e. The summed E-state index contributed by atoms with van der Waals surface area (Å²) in [6.07, 6.45) is 0. The van der Waals surface area contributed by atoms with Crippen LogP contribution in [0, 0.1) is 6.92 Å². The van der Waals surface area contributed by atoms with Gasteiger partial charge in [-0.25, -0.2) is 4.98 Å². The standard InChI is InChI=1S/C20H19BrN4O3/c1-10-3-16-17(6-14(10)21)23-20(22-16)18-7-15(24-25-18)11-4-12(8-26)13(9-27)19(5-11)28-2/h3-7,26-27H,8-9H2,1-2H3,(H,22,23)(H,24,25). The minimum absolute atomic E-state index is 0.199. The molecule has 7 nitrogen and oxygen atoms in total. The van der Waals surface area contributed by atoms with Gasteiger partial charge in [0.05, 0.1) is 37.1 Å². The second kappa shape index (κ2) is 7.38. The maximum atomic E-state index is 9.64. The number of benzene rings is 2. The molecule has 4 rings (SSSR count). The number of aromatic amines is 2. The van der Waals surface area contributed by atoms with Gasteiger partial charge in [0.25, 0.3) is 0 Å². The van der Waals surface area contributed by atoms with Gasteiger partial charge in [-0.15, -0.1) is 0 Å². The quantitative estimate of drug-likeness (QED) is 0.377. The third kappa shape index (κ3) is 3.19. The van der Waals surface area contributed by atoms with Crippen molar-refractivity contribution in [2.45, 2.75) is 20.1 Å². The van der Waals surface area contributed by atoms with Crippen LogP contribution in [0.15, 0.2) is 34.8 Å². The number of nitrogens with zero attached hydrogens (tertiary/aromatic N) is 2. The second-order valence-corrected chi connectivity index (χ2v) is 7.36. The lowest BCUT2D eigenvalue weighted by molar-refractivity contribution is 0.254. The number of nitrogens with one attached hydrogen (secondary N) is 2. The lowest BCUT2D eigenvalue weighted by Crippen LogP contribution is -1.99. The topological polar surface area (TPSA) is 107 Å². The van der Waals surface area contributed by atoms with Crippen LogP contribution in [0.4, 0.5) is 0 Å². The summed E-state index contributed by atoms with van der Waals surface area (Å²) < 4.78 is 6.37. The number of ether oxygens (including phenoxy) is 1. The number of methoxy groups -OCH3 is 1. The van der Waals surface area contributed by atoms with Crippen molar-refractivity contribution >= 4 is 27.0 Å². The molecule has 28 heavy (non-hydrogen) atoms. The smallest absolute Gasteiger partial charge is 0.156 e. The van der Waals surface area contributed by atoms with Crippen LogP contribution in [0.5, 0.6) is 5.75 Å². The largest absolute Gasteiger partial charge is 0.496 e. The van der Waals surface area contributed by atoms with Gasteiger partial charge in [-0.05, 0) is 48.4 Å². The van der Waals surface area contributed by atoms with E-state index in [1.807, 2.05) is 25.1 Å². The zero-order valence-electron chi connectivity index (χ0n) is 15.4. The van der Waals surface area contributed by atoms with E-state index in [2.05, 4.69) is 36.1 Å². The molecule has 4 N–H and O–H groups in total. The first-order valence-electron chi connectivity index (χ1n) is 8.67. The van der Waals surface area contributed by atoms with Gasteiger partial charge in [0.1, 0.15) is 11.4 Å². The predicted molar refractivity (Wildman–Crippen MR) is 110 cm³/mol. The van der Waals surface area contributed by atoms with Crippen LogP contribution in [0.3, 0.4) is 0 Å². The molecule has 0 bridgehead atoms.